The molecule has 0 spiro atoms. The van der Waals surface area contributed by atoms with Crippen LogP contribution < -0.4 is 11.1 Å². The summed E-state index contributed by atoms with van der Waals surface area (Å²) < 4.78 is 0. The molecule has 0 heterocycles. The Morgan fingerprint density at radius 2 is 2.17 bits per heavy atom. The van der Waals surface area contributed by atoms with Crippen LogP contribution >= 0.6 is 0 Å². The van der Waals surface area contributed by atoms with Crippen molar-refractivity contribution in [3.63, 3.8) is 0 Å². The van der Waals surface area contributed by atoms with E-state index in [2.05, 4.69) is 5.32 Å². The highest BCUT2D eigenvalue weighted by molar-refractivity contribution is 5.94. The summed E-state index contributed by atoms with van der Waals surface area (Å²) in [7, 11) is 0. The number of rotatable bonds is 3. The van der Waals surface area contributed by atoms with Crippen LogP contribution in [0.4, 0.5) is 0 Å². The maximum Gasteiger partial charge on any atom is 0.251 e. The molecule has 1 amide bonds. The Bertz CT molecular complexity index is 417. The highest BCUT2D eigenvalue weighted by Crippen LogP contribution is 2.22. The van der Waals surface area contributed by atoms with Gasteiger partial charge in [0.25, 0.3) is 5.91 Å². The fraction of sp³-hybridized carbons (Fsp3) is 0.533. The van der Waals surface area contributed by atoms with Crippen LogP contribution in [0, 0.1) is 12.8 Å². The summed E-state index contributed by atoms with van der Waals surface area (Å²) in [5, 5.41) is 3.01. The van der Waals surface area contributed by atoms with E-state index < -0.39 is 0 Å². The molecule has 1 aliphatic rings. The van der Waals surface area contributed by atoms with Crippen LogP contribution in [0.2, 0.25) is 0 Å². The van der Waals surface area contributed by atoms with Gasteiger partial charge in [-0.05, 0) is 37.8 Å². The fourth-order valence-electron chi connectivity index (χ4n) is 2.60. The van der Waals surface area contributed by atoms with Crippen molar-refractivity contribution < 1.29 is 4.79 Å². The molecule has 2 unspecified atom stereocenters. The second kappa shape index (κ2) is 6.01. The Kier molecular flexibility index (Phi) is 4.37. The van der Waals surface area contributed by atoms with Gasteiger partial charge in [0.2, 0.25) is 0 Å². The summed E-state index contributed by atoms with van der Waals surface area (Å²) in [5.74, 6) is 0.448. The molecular formula is C15H22N2O. The predicted octanol–water partition coefficient (Wildman–Crippen LogP) is 2.24. The molecular weight excluding hydrogens is 224 g/mol. The van der Waals surface area contributed by atoms with Gasteiger partial charge in [-0.25, -0.2) is 0 Å². The lowest BCUT2D eigenvalue weighted by Gasteiger charge is -2.28. The van der Waals surface area contributed by atoms with Gasteiger partial charge in [0.05, 0.1) is 0 Å². The monoisotopic (exact) mass is 246 g/mol. The van der Waals surface area contributed by atoms with Crippen LogP contribution in [0.5, 0.6) is 0 Å². The summed E-state index contributed by atoms with van der Waals surface area (Å²) in [6.07, 6.45) is 4.68. The molecule has 0 radical (unpaired) electrons. The number of hydrogen-bond acceptors (Lipinski definition) is 2. The molecule has 3 heteroatoms. The zero-order chi connectivity index (χ0) is 13.0. The average molecular weight is 246 g/mol. The summed E-state index contributed by atoms with van der Waals surface area (Å²) in [6, 6.07) is 7.92. The number of amides is 1. The third kappa shape index (κ3) is 3.33. The lowest BCUT2D eigenvalue weighted by Crippen LogP contribution is -2.41. The van der Waals surface area contributed by atoms with Gasteiger partial charge >= 0.3 is 0 Å². The minimum Gasteiger partial charge on any atom is -0.352 e. The summed E-state index contributed by atoms with van der Waals surface area (Å²) in [6.45, 7) is 2.70. The Morgan fingerprint density at radius 1 is 1.39 bits per heavy atom. The predicted molar refractivity (Wildman–Crippen MR) is 73.4 cm³/mol. The van der Waals surface area contributed by atoms with Crippen molar-refractivity contribution in [1.82, 2.24) is 5.32 Å². The highest BCUT2D eigenvalue weighted by atomic mass is 16.1. The van der Waals surface area contributed by atoms with E-state index in [1.54, 1.807) is 0 Å². The van der Waals surface area contributed by atoms with Crippen molar-refractivity contribution in [3.05, 3.63) is 35.4 Å². The van der Waals surface area contributed by atoms with E-state index in [1.165, 1.54) is 12.8 Å². The Morgan fingerprint density at radius 3 is 2.89 bits per heavy atom. The molecule has 0 aliphatic heterocycles. The van der Waals surface area contributed by atoms with Crippen molar-refractivity contribution in [2.75, 3.05) is 6.54 Å². The lowest BCUT2D eigenvalue weighted by molar-refractivity contribution is 0.0941. The van der Waals surface area contributed by atoms with E-state index >= 15 is 0 Å². The second-order valence-electron chi connectivity index (χ2n) is 5.29. The molecule has 1 fully saturated rings. The minimum atomic E-state index is 0.0106. The van der Waals surface area contributed by atoms with Gasteiger partial charge in [-0.2, -0.15) is 0 Å². The van der Waals surface area contributed by atoms with Gasteiger partial charge in [-0.3, -0.25) is 4.79 Å². The number of nitrogens with two attached hydrogens (primary N) is 1. The smallest absolute Gasteiger partial charge is 0.251 e. The van der Waals surface area contributed by atoms with Crippen LogP contribution in [-0.4, -0.2) is 18.5 Å². The van der Waals surface area contributed by atoms with E-state index in [4.69, 9.17) is 5.73 Å². The molecule has 2 atom stereocenters. The van der Waals surface area contributed by atoms with Crippen molar-refractivity contribution >= 4 is 5.91 Å². The van der Waals surface area contributed by atoms with Crippen molar-refractivity contribution in [2.24, 2.45) is 11.7 Å². The molecule has 98 valence electrons. The number of aryl methyl sites for hydroxylation is 1. The number of benzene rings is 1. The summed E-state index contributed by atoms with van der Waals surface area (Å²) >= 11 is 0. The van der Waals surface area contributed by atoms with Gasteiger partial charge in [0, 0.05) is 18.2 Å². The Hall–Kier alpha value is -1.35. The molecule has 1 aromatic rings. The number of nitrogens with one attached hydrogen (secondary N) is 1. The first-order valence-corrected chi connectivity index (χ1v) is 6.77. The SMILES string of the molecule is Cc1cccc(C(=O)NCC2CCCCC2N)c1. The van der Waals surface area contributed by atoms with Crippen LogP contribution in [0.1, 0.15) is 41.6 Å². The third-order valence-corrected chi connectivity index (χ3v) is 3.77. The average Bonchev–Trinajstić information content (AvgIpc) is 2.37. The van der Waals surface area contributed by atoms with Gasteiger partial charge in [0.15, 0.2) is 0 Å². The molecule has 3 nitrogen and oxygen atoms in total. The number of carbonyl (C=O) groups excluding carboxylic acids is 1. The van der Waals surface area contributed by atoms with Gasteiger partial charge < -0.3 is 11.1 Å². The maximum absolute atomic E-state index is 12.0. The third-order valence-electron chi connectivity index (χ3n) is 3.77. The molecule has 3 N–H and O–H groups in total. The normalized spacial score (nSPS) is 23.7. The molecule has 1 saturated carbocycles. The molecule has 0 saturated heterocycles. The van der Waals surface area contributed by atoms with Crippen LogP contribution in [0.3, 0.4) is 0 Å². The number of hydrogen-bond donors (Lipinski definition) is 2. The summed E-state index contributed by atoms with van der Waals surface area (Å²) in [4.78, 5) is 12.0. The zero-order valence-electron chi connectivity index (χ0n) is 11.0. The molecule has 0 aromatic heterocycles. The fourth-order valence-corrected chi connectivity index (χ4v) is 2.60. The summed E-state index contributed by atoms with van der Waals surface area (Å²) in [5.41, 5.74) is 7.92. The molecule has 0 bridgehead atoms. The largest absolute Gasteiger partial charge is 0.352 e. The standard InChI is InChI=1S/C15H22N2O/c1-11-5-4-7-12(9-11)15(18)17-10-13-6-2-3-8-14(13)16/h4-5,7,9,13-14H,2-3,6,8,10,16H2,1H3,(H,17,18). The van der Waals surface area contributed by atoms with Gasteiger partial charge in [-0.1, -0.05) is 30.5 Å². The number of carbonyl (C=O) groups is 1. The molecule has 2 rings (SSSR count). The quantitative estimate of drug-likeness (QED) is 0.859. The maximum atomic E-state index is 12.0. The first-order valence-electron chi connectivity index (χ1n) is 6.77. The van der Waals surface area contributed by atoms with Crippen LogP contribution in [0.15, 0.2) is 24.3 Å². The second-order valence-corrected chi connectivity index (χ2v) is 5.29. The Balaban J connectivity index is 1.88. The van der Waals surface area contributed by atoms with E-state index in [-0.39, 0.29) is 11.9 Å². The van der Waals surface area contributed by atoms with E-state index in [0.29, 0.717) is 12.5 Å². The van der Waals surface area contributed by atoms with Gasteiger partial charge in [0.1, 0.15) is 0 Å². The van der Waals surface area contributed by atoms with Crippen LogP contribution in [0.25, 0.3) is 0 Å². The van der Waals surface area contributed by atoms with Crippen LogP contribution in [-0.2, 0) is 0 Å². The van der Waals surface area contributed by atoms with Gasteiger partial charge in [-0.15, -0.1) is 0 Å². The molecule has 1 aliphatic carbocycles. The first kappa shape index (κ1) is 13.1. The zero-order valence-corrected chi connectivity index (χ0v) is 11.0. The first-order chi connectivity index (χ1) is 8.66. The van der Waals surface area contributed by atoms with Crippen molar-refractivity contribution in [3.8, 4) is 0 Å². The van der Waals surface area contributed by atoms with E-state index in [9.17, 15) is 4.79 Å². The Labute approximate surface area is 109 Å². The molecule has 1 aromatic carbocycles. The molecule has 18 heavy (non-hydrogen) atoms. The minimum absolute atomic E-state index is 0.0106. The topological polar surface area (TPSA) is 55.1 Å². The van der Waals surface area contributed by atoms with Crippen molar-refractivity contribution in [2.45, 2.75) is 38.6 Å². The van der Waals surface area contributed by atoms with E-state index in [0.717, 1.165) is 24.0 Å². The van der Waals surface area contributed by atoms with E-state index in [1.807, 2.05) is 31.2 Å². The lowest BCUT2D eigenvalue weighted by atomic mass is 9.85. The van der Waals surface area contributed by atoms with Crippen molar-refractivity contribution in [1.29, 1.82) is 0 Å². The highest BCUT2D eigenvalue weighted by Gasteiger charge is 2.22.